The average Bonchev–Trinajstić information content (AvgIpc) is 2.52. The van der Waals surface area contributed by atoms with Crippen LogP contribution >= 0.6 is 0 Å². The number of anilines is 1. The smallest absolute Gasteiger partial charge is 0.251 e. The first-order valence-electron chi connectivity index (χ1n) is 6.82. The molecule has 0 radical (unpaired) electrons. The lowest BCUT2D eigenvalue weighted by molar-refractivity contribution is -0.111. The summed E-state index contributed by atoms with van der Waals surface area (Å²) in [6, 6.07) is 10.6. The van der Waals surface area contributed by atoms with Crippen LogP contribution in [0.3, 0.4) is 0 Å². The van der Waals surface area contributed by atoms with Crippen LogP contribution < -0.4 is 10.6 Å². The van der Waals surface area contributed by atoms with Crippen molar-refractivity contribution in [2.24, 2.45) is 0 Å². The van der Waals surface area contributed by atoms with Crippen molar-refractivity contribution < 1.29 is 9.59 Å². The van der Waals surface area contributed by atoms with E-state index < -0.39 is 0 Å². The summed E-state index contributed by atoms with van der Waals surface area (Å²) in [7, 11) is 1.58. The maximum Gasteiger partial charge on any atom is 0.251 e. The summed E-state index contributed by atoms with van der Waals surface area (Å²) in [6.45, 7) is 1.93. The number of carbonyl (C=O) groups is 2. The van der Waals surface area contributed by atoms with Crippen LogP contribution in [0.1, 0.15) is 21.5 Å². The molecule has 22 heavy (non-hydrogen) atoms. The zero-order valence-corrected chi connectivity index (χ0v) is 12.5. The molecular formula is C17H17N3O2. The number of nitrogens with one attached hydrogen (secondary N) is 2. The molecule has 0 spiro atoms. The molecule has 5 heteroatoms. The van der Waals surface area contributed by atoms with Crippen LogP contribution in [-0.4, -0.2) is 23.8 Å². The highest BCUT2D eigenvalue weighted by Gasteiger charge is 2.02. The van der Waals surface area contributed by atoms with E-state index in [0.29, 0.717) is 11.4 Å². The first-order chi connectivity index (χ1) is 10.6. The van der Waals surface area contributed by atoms with Crippen LogP contribution in [0.5, 0.6) is 0 Å². The standard InChI is InChI=1S/C17H17N3O2/c1-12-9-10-19-15(11-12)20-16(21)8-5-13-3-6-14(7-4-13)17(22)18-2/h3-11H,1-2H3,(H,18,22)(H,19,20,21)/b8-5+. The van der Waals surface area contributed by atoms with Gasteiger partial charge in [0.25, 0.3) is 5.91 Å². The number of nitrogens with zero attached hydrogens (tertiary/aromatic N) is 1. The van der Waals surface area contributed by atoms with E-state index in [1.807, 2.05) is 13.0 Å². The van der Waals surface area contributed by atoms with Gasteiger partial charge in [-0.15, -0.1) is 0 Å². The first-order valence-corrected chi connectivity index (χ1v) is 6.82. The Bertz CT molecular complexity index is 706. The van der Waals surface area contributed by atoms with Crippen LogP contribution in [-0.2, 0) is 4.79 Å². The number of benzene rings is 1. The number of aromatic nitrogens is 1. The van der Waals surface area contributed by atoms with Gasteiger partial charge in [0.05, 0.1) is 0 Å². The number of hydrogen-bond acceptors (Lipinski definition) is 3. The molecule has 0 aliphatic heterocycles. The topological polar surface area (TPSA) is 71.1 Å². The van der Waals surface area contributed by atoms with E-state index in [2.05, 4.69) is 15.6 Å². The van der Waals surface area contributed by atoms with E-state index in [1.165, 1.54) is 6.08 Å². The summed E-state index contributed by atoms with van der Waals surface area (Å²) < 4.78 is 0. The Labute approximate surface area is 129 Å². The molecule has 5 nitrogen and oxygen atoms in total. The third-order valence-corrected chi connectivity index (χ3v) is 2.99. The Balaban J connectivity index is 1.99. The molecule has 0 bridgehead atoms. The molecule has 1 heterocycles. The van der Waals surface area contributed by atoms with E-state index in [9.17, 15) is 9.59 Å². The second-order valence-corrected chi connectivity index (χ2v) is 4.74. The predicted octanol–water partition coefficient (Wildman–Crippen LogP) is 2.40. The second-order valence-electron chi connectivity index (χ2n) is 4.74. The lowest BCUT2D eigenvalue weighted by Gasteiger charge is -2.02. The molecule has 0 saturated heterocycles. The minimum absolute atomic E-state index is 0.140. The van der Waals surface area contributed by atoms with Crippen molar-refractivity contribution >= 4 is 23.7 Å². The van der Waals surface area contributed by atoms with Gasteiger partial charge in [0, 0.05) is 24.9 Å². The Hall–Kier alpha value is -2.95. The van der Waals surface area contributed by atoms with Crippen LogP contribution in [0.2, 0.25) is 0 Å². The van der Waals surface area contributed by atoms with Gasteiger partial charge in [0.15, 0.2) is 0 Å². The fourth-order valence-electron chi connectivity index (χ4n) is 1.83. The lowest BCUT2D eigenvalue weighted by atomic mass is 10.1. The number of hydrogen-bond donors (Lipinski definition) is 2. The number of aryl methyl sites for hydroxylation is 1. The summed E-state index contributed by atoms with van der Waals surface area (Å²) in [5.74, 6) is 0.122. The van der Waals surface area contributed by atoms with Crippen LogP contribution in [0.25, 0.3) is 6.08 Å². The highest BCUT2D eigenvalue weighted by Crippen LogP contribution is 2.08. The maximum atomic E-state index is 11.8. The SMILES string of the molecule is CNC(=O)c1ccc(/C=C/C(=O)Nc2cc(C)ccn2)cc1. The number of carbonyl (C=O) groups excluding carboxylic acids is 2. The molecule has 0 aliphatic carbocycles. The van der Waals surface area contributed by atoms with Gasteiger partial charge in [0.1, 0.15) is 5.82 Å². The Morgan fingerprint density at radius 1 is 1.14 bits per heavy atom. The highest BCUT2D eigenvalue weighted by molar-refractivity contribution is 6.01. The zero-order valence-electron chi connectivity index (χ0n) is 12.5. The largest absolute Gasteiger partial charge is 0.355 e. The minimum Gasteiger partial charge on any atom is -0.355 e. The Morgan fingerprint density at radius 2 is 1.86 bits per heavy atom. The summed E-state index contributed by atoms with van der Waals surface area (Å²) in [6.07, 6.45) is 4.75. The van der Waals surface area contributed by atoms with Crippen molar-refractivity contribution in [2.75, 3.05) is 12.4 Å². The molecule has 2 aromatic rings. The third-order valence-electron chi connectivity index (χ3n) is 2.99. The minimum atomic E-state index is -0.256. The van der Waals surface area contributed by atoms with E-state index in [0.717, 1.165) is 11.1 Å². The molecule has 1 aromatic heterocycles. The van der Waals surface area contributed by atoms with Gasteiger partial charge < -0.3 is 10.6 Å². The molecule has 0 fully saturated rings. The van der Waals surface area contributed by atoms with Crippen molar-refractivity contribution in [1.29, 1.82) is 0 Å². The average molecular weight is 295 g/mol. The third kappa shape index (κ3) is 4.28. The van der Waals surface area contributed by atoms with Crippen molar-refractivity contribution in [2.45, 2.75) is 6.92 Å². The van der Waals surface area contributed by atoms with E-state index in [-0.39, 0.29) is 11.8 Å². The molecule has 2 rings (SSSR count). The summed E-state index contributed by atoms with van der Waals surface area (Å²) in [5.41, 5.74) is 2.44. The van der Waals surface area contributed by atoms with Gasteiger partial charge in [-0.1, -0.05) is 12.1 Å². The number of amides is 2. The normalized spacial score (nSPS) is 10.5. The van der Waals surface area contributed by atoms with Crippen molar-refractivity contribution in [3.8, 4) is 0 Å². The van der Waals surface area contributed by atoms with Gasteiger partial charge >= 0.3 is 0 Å². The van der Waals surface area contributed by atoms with E-state index >= 15 is 0 Å². The molecular weight excluding hydrogens is 278 g/mol. The van der Waals surface area contributed by atoms with Crippen molar-refractivity contribution in [1.82, 2.24) is 10.3 Å². The number of rotatable bonds is 4. The summed E-state index contributed by atoms with van der Waals surface area (Å²) >= 11 is 0. The fraction of sp³-hybridized carbons (Fsp3) is 0.118. The fourth-order valence-corrected chi connectivity index (χ4v) is 1.83. The summed E-state index contributed by atoms with van der Waals surface area (Å²) in [4.78, 5) is 27.3. The van der Waals surface area contributed by atoms with Crippen LogP contribution in [0, 0.1) is 6.92 Å². The van der Waals surface area contributed by atoms with Crippen molar-refractivity contribution in [3.05, 3.63) is 65.4 Å². The van der Waals surface area contributed by atoms with E-state index in [4.69, 9.17) is 0 Å². The van der Waals surface area contributed by atoms with Gasteiger partial charge in [-0.25, -0.2) is 4.98 Å². The van der Waals surface area contributed by atoms with E-state index in [1.54, 1.807) is 49.7 Å². The summed E-state index contributed by atoms with van der Waals surface area (Å²) in [5, 5.41) is 5.25. The zero-order chi connectivity index (χ0) is 15.9. The number of pyridine rings is 1. The monoisotopic (exact) mass is 295 g/mol. The van der Waals surface area contributed by atoms with Gasteiger partial charge in [-0.3, -0.25) is 9.59 Å². The van der Waals surface area contributed by atoms with Gasteiger partial charge in [0.2, 0.25) is 5.91 Å². The molecule has 1 aromatic carbocycles. The predicted molar refractivity (Wildman–Crippen MR) is 86.5 cm³/mol. The maximum absolute atomic E-state index is 11.8. The molecule has 0 unspecified atom stereocenters. The molecule has 0 saturated carbocycles. The Kier molecular flexibility index (Phi) is 5.03. The van der Waals surface area contributed by atoms with Crippen LogP contribution in [0.15, 0.2) is 48.7 Å². The van der Waals surface area contributed by atoms with Crippen molar-refractivity contribution in [3.63, 3.8) is 0 Å². The lowest BCUT2D eigenvalue weighted by Crippen LogP contribution is -2.17. The molecule has 0 atom stereocenters. The quantitative estimate of drug-likeness (QED) is 0.851. The van der Waals surface area contributed by atoms with Crippen LogP contribution in [0.4, 0.5) is 5.82 Å². The van der Waals surface area contributed by atoms with Gasteiger partial charge in [-0.2, -0.15) is 0 Å². The molecule has 2 N–H and O–H groups in total. The highest BCUT2D eigenvalue weighted by atomic mass is 16.2. The Morgan fingerprint density at radius 3 is 2.50 bits per heavy atom. The molecule has 112 valence electrons. The molecule has 2 amide bonds. The molecule has 0 aliphatic rings. The first kappa shape index (κ1) is 15.4. The second kappa shape index (κ2) is 7.17. The van der Waals surface area contributed by atoms with Gasteiger partial charge in [-0.05, 0) is 48.4 Å².